The van der Waals surface area contributed by atoms with Gasteiger partial charge in [-0.25, -0.2) is 18.6 Å². The number of rotatable bonds is 4. The molecule has 0 fully saturated rings. The van der Waals surface area contributed by atoms with Gasteiger partial charge in [0.2, 0.25) is 0 Å². The maximum absolute atomic E-state index is 12.7. The maximum Gasteiger partial charge on any atom is 0.360 e. The van der Waals surface area contributed by atoms with Gasteiger partial charge in [0.1, 0.15) is 5.69 Å². The van der Waals surface area contributed by atoms with Crippen molar-refractivity contribution in [1.29, 1.82) is 0 Å². The molecular weight excluding hydrogens is 234 g/mol. The predicted octanol–water partition coefficient (Wildman–Crippen LogP) is 1.27. The van der Waals surface area contributed by atoms with Crippen molar-refractivity contribution < 1.29 is 23.0 Å². The van der Waals surface area contributed by atoms with Crippen molar-refractivity contribution in [2.24, 2.45) is 5.73 Å². The van der Waals surface area contributed by atoms with E-state index in [0.29, 0.717) is 0 Å². The van der Waals surface area contributed by atoms with Crippen LogP contribution < -0.4 is 10.5 Å². The van der Waals surface area contributed by atoms with E-state index in [0.717, 1.165) is 7.11 Å². The normalized spacial score (nSPS) is 10.5. The van der Waals surface area contributed by atoms with Crippen LogP contribution >= 0.6 is 0 Å². The summed E-state index contributed by atoms with van der Waals surface area (Å²) in [6, 6.07) is 1.26. The van der Waals surface area contributed by atoms with E-state index in [-0.39, 0.29) is 23.6 Å². The number of hydrogen-bond donors (Lipinski definition) is 1. The van der Waals surface area contributed by atoms with E-state index >= 15 is 0 Å². The van der Waals surface area contributed by atoms with Crippen LogP contribution in [0.2, 0.25) is 0 Å². The number of aromatic nitrogens is 1. The standard InChI is InChI=1S/C10H12F2N2O3/c1-16-6-3-5(4-13)7(9(11)12)14-8(6)10(15)17-2/h3,9H,4,13H2,1-2H3. The van der Waals surface area contributed by atoms with Gasteiger partial charge in [0.25, 0.3) is 6.43 Å². The summed E-state index contributed by atoms with van der Waals surface area (Å²) in [4.78, 5) is 14.9. The molecule has 0 atom stereocenters. The Morgan fingerprint density at radius 1 is 1.53 bits per heavy atom. The summed E-state index contributed by atoms with van der Waals surface area (Å²) in [7, 11) is 2.42. The van der Waals surface area contributed by atoms with Crippen molar-refractivity contribution in [3.8, 4) is 5.75 Å². The van der Waals surface area contributed by atoms with Gasteiger partial charge in [-0.3, -0.25) is 0 Å². The molecule has 0 saturated heterocycles. The molecular formula is C10H12F2N2O3. The topological polar surface area (TPSA) is 74.4 Å². The van der Waals surface area contributed by atoms with Crippen molar-refractivity contribution in [3.05, 3.63) is 23.0 Å². The molecule has 0 unspecified atom stereocenters. The molecule has 0 saturated carbocycles. The number of halogens is 2. The number of pyridine rings is 1. The summed E-state index contributed by atoms with van der Waals surface area (Å²) in [5.74, 6) is -0.783. The second-order valence-electron chi connectivity index (χ2n) is 3.08. The van der Waals surface area contributed by atoms with E-state index in [9.17, 15) is 13.6 Å². The van der Waals surface area contributed by atoms with Crippen molar-refractivity contribution >= 4 is 5.97 Å². The summed E-state index contributed by atoms with van der Waals surface area (Å²) >= 11 is 0. The van der Waals surface area contributed by atoms with Crippen LogP contribution in [0.1, 0.15) is 28.2 Å². The molecule has 1 aromatic heterocycles. The average molecular weight is 246 g/mol. The fraction of sp³-hybridized carbons (Fsp3) is 0.400. The van der Waals surface area contributed by atoms with Gasteiger partial charge < -0.3 is 15.2 Å². The molecule has 0 aliphatic heterocycles. The lowest BCUT2D eigenvalue weighted by atomic mass is 10.1. The van der Waals surface area contributed by atoms with Crippen LogP contribution in [-0.4, -0.2) is 25.2 Å². The Morgan fingerprint density at radius 2 is 2.18 bits per heavy atom. The molecule has 0 aliphatic carbocycles. The van der Waals surface area contributed by atoms with E-state index < -0.39 is 18.1 Å². The average Bonchev–Trinajstić information content (AvgIpc) is 2.35. The first-order valence-corrected chi connectivity index (χ1v) is 4.69. The predicted molar refractivity (Wildman–Crippen MR) is 55.0 cm³/mol. The zero-order chi connectivity index (χ0) is 13.0. The quantitative estimate of drug-likeness (QED) is 0.810. The molecule has 2 N–H and O–H groups in total. The first kappa shape index (κ1) is 13.3. The molecule has 0 spiro atoms. The zero-order valence-corrected chi connectivity index (χ0v) is 9.37. The Balaban J connectivity index is 3.39. The minimum Gasteiger partial charge on any atom is -0.494 e. The molecule has 7 heteroatoms. The second kappa shape index (κ2) is 5.53. The third kappa shape index (κ3) is 2.68. The van der Waals surface area contributed by atoms with Crippen LogP contribution in [0.4, 0.5) is 8.78 Å². The molecule has 0 radical (unpaired) electrons. The summed E-state index contributed by atoms with van der Waals surface area (Å²) in [5, 5.41) is 0. The number of hydrogen-bond acceptors (Lipinski definition) is 5. The van der Waals surface area contributed by atoms with Gasteiger partial charge >= 0.3 is 5.97 Å². The highest BCUT2D eigenvalue weighted by molar-refractivity contribution is 5.90. The number of carbonyl (C=O) groups excluding carboxylic acids is 1. The van der Waals surface area contributed by atoms with Gasteiger partial charge in [0, 0.05) is 6.54 Å². The monoisotopic (exact) mass is 246 g/mol. The van der Waals surface area contributed by atoms with E-state index in [1.807, 2.05) is 0 Å². The van der Waals surface area contributed by atoms with Crippen LogP contribution in [0.15, 0.2) is 6.07 Å². The van der Waals surface area contributed by atoms with Crippen LogP contribution in [-0.2, 0) is 11.3 Å². The van der Waals surface area contributed by atoms with Crippen LogP contribution in [0.3, 0.4) is 0 Å². The lowest BCUT2D eigenvalue weighted by Crippen LogP contribution is -2.13. The van der Waals surface area contributed by atoms with Gasteiger partial charge in [-0.2, -0.15) is 0 Å². The third-order valence-corrected chi connectivity index (χ3v) is 2.13. The summed E-state index contributed by atoms with van der Waals surface area (Å²) in [5.41, 5.74) is 4.63. The summed E-state index contributed by atoms with van der Waals surface area (Å²) < 4.78 is 34.7. The summed E-state index contributed by atoms with van der Waals surface area (Å²) in [6.45, 7) is -0.121. The van der Waals surface area contributed by atoms with Gasteiger partial charge in [-0.1, -0.05) is 0 Å². The lowest BCUT2D eigenvalue weighted by Gasteiger charge is -2.11. The van der Waals surface area contributed by atoms with Gasteiger partial charge in [0.05, 0.1) is 14.2 Å². The zero-order valence-electron chi connectivity index (χ0n) is 9.37. The second-order valence-corrected chi connectivity index (χ2v) is 3.08. The highest BCUT2D eigenvalue weighted by atomic mass is 19.3. The molecule has 0 bridgehead atoms. The van der Waals surface area contributed by atoms with E-state index in [1.54, 1.807) is 0 Å². The van der Waals surface area contributed by atoms with Crippen molar-refractivity contribution in [3.63, 3.8) is 0 Å². The number of carbonyl (C=O) groups is 1. The minimum atomic E-state index is -2.82. The Labute approximate surface area is 96.5 Å². The Kier molecular flexibility index (Phi) is 4.33. The number of nitrogens with zero attached hydrogens (tertiary/aromatic N) is 1. The number of ether oxygens (including phenoxy) is 2. The van der Waals surface area contributed by atoms with Crippen molar-refractivity contribution in [1.82, 2.24) is 4.98 Å². The molecule has 1 aromatic rings. The Hall–Kier alpha value is -1.76. The number of methoxy groups -OCH3 is 2. The largest absolute Gasteiger partial charge is 0.494 e. The molecule has 0 aromatic carbocycles. The fourth-order valence-corrected chi connectivity index (χ4v) is 1.30. The highest BCUT2D eigenvalue weighted by Crippen LogP contribution is 2.27. The maximum atomic E-state index is 12.7. The Bertz CT molecular complexity index is 424. The fourth-order valence-electron chi connectivity index (χ4n) is 1.30. The van der Waals surface area contributed by atoms with Crippen LogP contribution in [0.5, 0.6) is 5.75 Å². The first-order chi connectivity index (χ1) is 8.04. The van der Waals surface area contributed by atoms with Gasteiger partial charge in [-0.15, -0.1) is 0 Å². The molecule has 94 valence electrons. The number of alkyl halides is 2. The van der Waals surface area contributed by atoms with E-state index in [2.05, 4.69) is 9.72 Å². The molecule has 0 amide bonds. The first-order valence-electron chi connectivity index (χ1n) is 4.69. The van der Waals surface area contributed by atoms with Gasteiger partial charge in [0.15, 0.2) is 11.4 Å². The number of nitrogens with two attached hydrogens (primary N) is 1. The number of esters is 1. The van der Waals surface area contributed by atoms with Crippen molar-refractivity contribution in [2.75, 3.05) is 14.2 Å². The lowest BCUT2D eigenvalue weighted by molar-refractivity contribution is 0.0588. The van der Waals surface area contributed by atoms with Crippen LogP contribution in [0, 0.1) is 0 Å². The van der Waals surface area contributed by atoms with Crippen molar-refractivity contribution in [2.45, 2.75) is 13.0 Å². The molecule has 5 nitrogen and oxygen atoms in total. The SMILES string of the molecule is COC(=O)c1nc(C(F)F)c(CN)cc1OC. The third-order valence-electron chi connectivity index (χ3n) is 2.13. The molecule has 0 aliphatic rings. The van der Waals surface area contributed by atoms with E-state index in [1.165, 1.54) is 13.2 Å². The Morgan fingerprint density at radius 3 is 2.59 bits per heavy atom. The summed E-state index contributed by atoms with van der Waals surface area (Å²) in [6.07, 6.45) is -2.82. The highest BCUT2D eigenvalue weighted by Gasteiger charge is 2.22. The molecule has 17 heavy (non-hydrogen) atoms. The van der Waals surface area contributed by atoms with Crippen LogP contribution in [0.25, 0.3) is 0 Å². The molecule has 1 rings (SSSR count). The van der Waals surface area contributed by atoms with Gasteiger partial charge in [-0.05, 0) is 11.6 Å². The smallest absolute Gasteiger partial charge is 0.360 e. The van der Waals surface area contributed by atoms with E-state index in [4.69, 9.17) is 10.5 Å². The minimum absolute atomic E-state index is 0.0571. The molecule has 1 heterocycles.